The van der Waals surface area contributed by atoms with Crippen LogP contribution in [0.2, 0.25) is 17.3 Å². The van der Waals surface area contributed by atoms with E-state index in [-0.39, 0.29) is 25.5 Å². The molecule has 4 aromatic heterocycles. The number of aromatic nitrogens is 3. The molecule has 0 unspecified atom stereocenters. The van der Waals surface area contributed by atoms with E-state index >= 15 is 0 Å². The third-order valence-corrected chi connectivity index (χ3v) is 12.7. The van der Waals surface area contributed by atoms with Crippen LogP contribution in [0.25, 0.3) is 42.8 Å². The van der Waals surface area contributed by atoms with Crippen LogP contribution in [0.5, 0.6) is 0 Å². The Morgan fingerprint density at radius 1 is 0.933 bits per heavy atom. The summed E-state index contributed by atoms with van der Waals surface area (Å²) in [6.45, 7) is 10.6. The molecule has 2 aromatic carbocycles. The van der Waals surface area contributed by atoms with Gasteiger partial charge in [-0.3, -0.25) is 0 Å². The Bertz CT molecular complexity index is 1960. The van der Waals surface area contributed by atoms with E-state index in [1.165, 1.54) is 27.4 Å². The summed E-state index contributed by atoms with van der Waals surface area (Å²) in [6.07, 6.45) is 4.84. The minimum atomic E-state index is -2.03. The number of rotatable bonds is 5. The molecule has 7 heteroatoms. The van der Waals surface area contributed by atoms with Crippen molar-refractivity contribution in [1.29, 1.82) is 0 Å². The van der Waals surface area contributed by atoms with Crippen LogP contribution in [-0.4, -0.2) is 28.2 Å². The maximum atomic E-state index is 13.5. The second-order valence-electron chi connectivity index (χ2n) is 13.6. The predicted molar refractivity (Wildman–Crippen MR) is 188 cm³/mol. The Kier molecular flexibility index (Phi) is 10.7. The summed E-state index contributed by atoms with van der Waals surface area (Å²) in [5.74, 6) is 6.00. The first kappa shape index (κ1) is 33.6. The first-order valence-corrected chi connectivity index (χ1v) is 23.1. The van der Waals surface area contributed by atoms with Gasteiger partial charge in [0.05, 0.1) is 0 Å². The number of fused-ring (bicyclic) bond motifs is 3. The van der Waals surface area contributed by atoms with Gasteiger partial charge in [0.1, 0.15) is 4.83 Å². The molecule has 4 heterocycles. The van der Waals surface area contributed by atoms with Crippen LogP contribution in [0.15, 0.2) is 79.1 Å². The summed E-state index contributed by atoms with van der Waals surface area (Å²) in [4.78, 5) is 13.9. The van der Waals surface area contributed by atoms with Gasteiger partial charge in [0.15, 0.2) is 0 Å². The predicted octanol–water partition coefficient (Wildman–Crippen LogP) is 10.3. The van der Waals surface area contributed by atoms with Crippen LogP contribution >= 0.6 is 11.3 Å². The fraction of sp³-hybridized carbons (Fsp3) is 0.289. The molecule has 0 bridgehead atoms. The standard InChI is InChI=1S/C21H18FN2S.C17H22GeN.Ir/c1-21(2,3)12-13-9-10-23-17(11-13)16-6-4-5-14-15-7-8-18(22)24-20(15)25-19(14)16;1-13(2)15-11-17(14-9-7-6-8-10-14)19-12-16(15)18(3,4)5;/h4-5,7-11H,12H2,1-3H3;6-9,11-13H,1-5H3;/q2*-1;/i;13D;. The number of hydrogen-bond acceptors (Lipinski definition) is 4. The molecule has 45 heavy (non-hydrogen) atoms. The fourth-order valence-corrected chi connectivity index (χ4v) is 9.78. The Balaban J connectivity index is 0.000000210. The summed E-state index contributed by atoms with van der Waals surface area (Å²) in [7, 11) is 0. The van der Waals surface area contributed by atoms with Crippen molar-refractivity contribution in [3.05, 3.63) is 108 Å². The number of benzene rings is 2. The number of hydrogen-bond donors (Lipinski definition) is 0. The molecule has 0 aliphatic carbocycles. The van der Waals surface area contributed by atoms with E-state index in [9.17, 15) is 4.39 Å². The van der Waals surface area contributed by atoms with Gasteiger partial charge in [-0.05, 0) is 40.4 Å². The van der Waals surface area contributed by atoms with Crippen LogP contribution in [-0.2, 0) is 26.5 Å². The molecule has 0 fully saturated rings. The number of nitrogens with zero attached hydrogens (tertiary/aromatic N) is 3. The molecule has 0 N–H and O–H groups in total. The van der Waals surface area contributed by atoms with E-state index in [0.29, 0.717) is 4.83 Å². The molecule has 0 aliphatic heterocycles. The quantitative estimate of drug-likeness (QED) is 0.0985. The topological polar surface area (TPSA) is 38.7 Å². The van der Waals surface area contributed by atoms with Crippen LogP contribution in [0, 0.1) is 23.5 Å². The molecule has 0 saturated carbocycles. The summed E-state index contributed by atoms with van der Waals surface area (Å²) in [5.41, 5.74) is 6.35. The summed E-state index contributed by atoms with van der Waals surface area (Å²) in [5, 5.41) is 2.05. The van der Waals surface area contributed by atoms with Gasteiger partial charge in [0, 0.05) is 31.7 Å². The first-order chi connectivity index (χ1) is 21.1. The second-order valence-corrected chi connectivity index (χ2v) is 25.2. The van der Waals surface area contributed by atoms with Crippen molar-refractivity contribution in [2.45, 2.75) is 64.2 Å². The summed E-state index contributed by atoms with van der Waals surface area (Å²) in [6, 6.07) is 27.8. The van der Waals surface area contributed by atoms with Gasteiger partial charge in [0.2, 0.25) is 5.95 Å². The molecule has 235 valence electrons. The minimum absolute atomic E-state index is 0. The molecule has 0 saturated heterocycles. The van der Waals surface area contributed by atoms with Crippen LogP contribution < -0.4 is 4.40 Å². The Morgan fingerprint density at radius 2 is 1.71 bits per heavy atom. The van der Waals surface area contributed by atoms with Gasteiger partial charge in [-0.2, -0.15) is 15.7 Å². The van der Waals surface area contributed by atoms with Crippen molar-refractivity contribution in [2.75, 3.05) is 0 Å². The molecule has 6 rings (SSSR count). The van der Waals surface area contributed by atoms with E-state index in [4.69, 9.17) is 1.37 Å². The SMILES string of the molecule is CC(C)(C)Cc1ccnc(-c2[c-]ccc3c2sc2nc(F)ccc23)c1.[2H]C(C)(C)c1cc(-c2[c-]cccc2)nc[c]1[Ge]([CH3])([CH3])[CH3].[Ir]. The maximum absolute atomic E-state index is 13.5. The molecule has 0 atom stereocenters. The number of pyridine rings is 3. The zero-order chi connectivity index (χ0) is 32.6. The van der Waals surface area contributed by atoms with Crippen LogP contribution in [0.1, 0.15) is 53.0 Å². The second kappa shape index (κ2) is 14.3. The van der Waals surface area contributed by atoms with Gasteiger partial charge in [0.25, 0.3) is 0 Å². The third kappa shape index (κ3) is 8.53. The fourth-order valence-electron chi connectivity index (χ4n) is 5.29. The van der Waals surface area contributed by atoms with Crippen LogP contribution in [0.4, 0.5) is 4.39 Å². The van der Waals surface area contributed by atoms with Gasteiger partial charge in [-0.1, -0.05) is 37.8 Å². The van der Waals surface area contributed by atoms with E-state index in [0.717, 1.165) is 50.0 Å². The largest absolute Gasteiger partial charge is 0 e. The molecule has 3 nitrogen and oxygen atoms in total. The van der Waals surface area contributed by atoms with Crippen molar-refractivity contribution < 1.29 is 25.9 Å². The zero-order valence-electron chi connectivity index (χ0n) is 28.2. The maximum Gasteiger partial charge on any atom is 0 e. The normalized spacial score (nSPS) is 12.3. The number of halogens is 1. The Labute approximate surface area is 288 Å². The third-order valence-electron chi connectivity index (χ3n) is 7.32. The van der Waals surface area contributed by atoms with Gasteiger partial charge in [-0.25, -0.2) is 4.98 Å². The van der Waals surface area contributed by atoms with Gasteiger partial charge >= 0.3 is 120 Å². The smallest absolute Gasteiger partial charge is 0 e. The van der Waals surface area contributed by atoms with Crippen molar-refractivity contribution >= 4 is 49.3 Å². The Hall–Kier alpha value is -2.77. The summed E-state index contributed by atoms with van der Waals surface area (Å²) >= 11 is -0.532. The molecule has 0 spiro atoms. The molecular formula is C38H40FGeIrN3S-2. The van der Waals surface area contributed by atoms with Crippen molar-refractivity contribution in [3.8, 4) is 22.5 Å². The average Bonchev–Trinajstić information content (AvgIpc) is 3.34. The van der Waals surface area contributed by atoms with Crippen molar-refractivity contribution in [1.82, 2.24) is 15.0 Å². The summed E-state index contributed by atoms with van der Waals surface area (Å²) < 4.78 is 24.3. The zero-order valence-corrected chi connectivity index (χ0v) is 32.5. The monoisotopic (exact) mass is 857 g/mol. The van der Waals surface area contributed by atoms with E-state index in [1.807, 2.05) is 62.6 Å². The van der Waals surface area contributed by atoms with E-state index in [2.05, 4.69) is 83.3 Å². The first-order valence-electron chi connectivity index (χ1n) is 15.4. The minimum Gasteiger partial charge on any atom is 0 e. The van der Waals surface area contributed by atoms with Crippen LogP contribution in [0.3, 0.4) is 0 Å². The average molecular weight is 856 g/mol. The molecule has 6 aromatic rings. The molecular weight excluding hydrogens is 814 g/mol. The molecule has 0 aliphatic rings. The van der Waals surface area contributed by atoms with E-state index < -0.39 is 25.1 Å². The van der Waals surface area contributed by atoms with E-state index in [1.54, 1.807) is 6.07 Å². The van der Waals surface area contributed by atoms with Crippen molar-refractivity contribution in [2.24, 2.45) is 5.41 Å². The van der Waals surface area contributed by atoms with Gasteiger partial charge in [-0.15, -0.1) is 23.8 Å². The molecule has 1 radical (unpaired) electrons. The van der Waals surface area contributed by atoms with Crippen molar-refractivity contribution in [3.63, 3.8) is 0 Å². The molecule has 0 amide bonds. The van der Waals surface area contributed by atoms with Gasteiger partial charge < -0.3 is 4.98 Å². The Morgan fingerprint density at radius 3 is 2.38 bits per heavy atom. The number of thiophene rings is 1.